The van der Waals surface area contributed by atoms with Gasteiger partial charge < -0.3 is 9.84 Å². The highest BCUT2D eigenvalue weighted by atomic mass is 16.5. The molecule has 16 heavy (non-hydrogen) atoms. The smallest absolute Gasteiger partial charge is 0.0695 e. The molecule has 0 radical (unpaired) electrons. The molecule has 0 amide bonds. The van der Waals surface area contributed by atoms with E-state index in [1.165, 1.54) is 12.8 Å². The summed E-state index contributed by atoms with van der Waals surface area (Å²) in [7, 11) is 0. The molecule has 1 saturated heterocycles. The Labute approximate surface area is 98.8 Å². The van der Waals surface area contributed by atoms with E-state index in [9.17, 15) is 5.11 Å². The van der Waals surface area contributed by atoms with Gasteiger partial charge in [0, 0.05) is 18.6 Å². The maximum absolute atomic E-state index is 10.1. The summed E-state index contributed by atoms with van der Waals surface area (Å²) in [5.74, 6) is 0. The highest BCUT2D eigenvalue weighted by Crippen LogP contribution is 2.28. The molecule has 1 saturated carbocycles. The van der Waals surface area contributed by atoms with Crippen LogP contribution in [0.4, 0.5) is 0 Å². The monoisotopic (exact) mass is 227 g/mol. The summed E-state index contributed by atoms with van der Waals surface area (Å²) in [6.45, 7) is 6.17. The molecule has 0 bridgehead atoms. The topological polar surface area (TPSA) is 32.7 Å². The first kappa shape index (κ1) is 12.3. The van der Waals surface area contributed by atoms with Crippen LogP contribution in [-0.4, -0.2) is 47.4 Å². The zero-order valence-electron chi connectivity index (χ0n) is 10.6. The zero-order valence-corrected chi connectivity index (χ0v) is 10.6. The minimum absolute atomic E-state index is 0.118. The SMILES string of the molecule is CCC1COC(C)CN1C1CCCCC1O. The van der Waals surface area contributed by atoms with Crippen molar-refractivity contribution < 1.29 is 9.84 Å². The van der Waals surface area contributed by atoms with Crippen LogP contribution in [0.2, 0.25) is 0 Å². The Hall–Kier alpha value is -0.120. The van der Waals surface area contributed by atoms with Crippen LogP contribution in [0.5, 0.6) is 0 Å². The third kappa shape index (κ3) is 2.58. The van der Waals surface area contributed by atoms with E-state index >= 15 is 0 Å². The van der Waals surface area contributed by atoms with E-state index in [4.69, 9.17) is 4.74 Å². The molecule has 3 nitrogen and oxygen atoms in total. The van der Waals surface area contributed by atoms with Gasteiger partial charge in [0.2, 0.25) is 0 Å². The van der Waals surface area contributed by atoms with E-state index < -0.39 is 0 Å². The van der Waals surface area contributed by atoms with Crippen LogP contribution < -0.4 is 0 Å². The van der Waals surface area contributed by atoms with Gasteiger partial charge >= 0.3 is 0 Å². The fourth-order valence-electron chi connectivity index (χ4n) is 3.11. The standard InChI is InChI=1S/C13H25NO2/c1-3-11-9-16-10(2)8-14(11)12-6-4-5-7-13(12)15/h10-13,15H,3-9H2,1-2H3. The molecule has 1 aliphatic heterocycles. The molecule has 2 fully saturated rings. The predicted octanol–water partition coefficient (Wildman–Crippen LogP) is 1.79. The van der Waals surface area contributed by atoms with Crippen molar-refractivity contribution in [2.75, 3.05) is 13.2 Å². The maximum Gasteiger partial charge on any atom is 0.0695 e. The average molecular weight is 227 g/mol. The molecule has 4 atom stereocenters. The lowest BCUT2D eigenvalue weighted by atomic mass is 9.89. The predicted molar refractivity (Wildman–Crippen MR) is 64.5 cm³/mol. The van der Waals surface area contributed by atoms with Gasteiger partial charge in [0.05, 0.1) is 18.8 Å². The molecule has 0 spiro atoms. The van der Waals surface area contributed by atoms with Gasteiger partial charge in [-0.3, -0.25) is 4.90 Å². The first-order valence-corrected chi connectivity index (χ1v) is 6.77. The van der Waals surface area contributed by atoms with E-state index in [0.717, 1.165) is 32.4 Å². The molecule has 4 unspecified atom stereocenters. The molecule has 2 aliphatic rings. The lowest BCUT2D eigenvalue weighted by Crippen LogP contribution is -2.57. The molecule has 0 aromatic heterocycles. The molecular formula is C13H25NO2. The summed E-state index contributed by atoms with van der Waals surface area (Å²) in [5.41, 5.74) is 0. The van der Waals surface area contributed by atoms with Crippen molar-refractivity contribution in [3.05, 3.63) is 0 Å². The van der Waals surface area contributed by atoms with Crippen molar-refractivity contribution in [3.8, 4) is 0 Å². The Morgan fingerprint density at radius 3 is 2.75 bits per heavy atom. The number of aliphatic hydroxyl groups is 1. The highest BCUT2D eigenvalue weighted by Gasteiger charge is 2.35. The van der Waals surface area contributed by atoms with Crippen LogP contribution in [0.15, 0.2) is 0 Å². The number of ether oxygens (including phenoxy) is 1. The normalized spacial score (nSPS) is 42.2. The summed E-state index contributed by atoms with van der Waals surface area (Å²) in [6, 6.07) is 0.888. The van der Waals surface area contributed by atoms with Crippen LogP contribution in [0, 0.1) is 0 Å². The third-order valence-electron chi connectivity index (χ3n) is 4.10. The fourth-order valence-corrected chi connectivity index (χ4v) is 3.11. The number of morpholine rings is 1. The van der Waals surface area contributed by atoms with E-state index in [1.54, 1.807) is 0 Å². The molecule has 0 aromatic rings. The number of nitrogens with zero attached hydrogens (tertiary/aromatic N) is 1. The van der Waals surface area contributed by atoms with Crippen LogP contribution in [-0.2, 0) is 4.74 Å². The third-order valence-corrected chi connectivity index (χ3v) is 4.10. The first-order chi connectivity index (χ1) is 7.72. The summed E-state index contributed by atoms with van der Waals surface area (Å²) >= 11 is 0. The molecule has 2 rings (SSSR count). The average Bonchev–Trinajstić information content (AvgIpc) is 2.29. The minimum atomic E-state index is -0.118. The summed E-state index contributed by atoms with van der Waals surface area (Å²) in [5, 5.41) is 10.1. The van der Waals surface area contributed by atoms with Crippen molar-refractivity contribution in [3.63, 3.8) is 0 Å². The number of aliphatic hydroxyl groups excluding tert-OH is 1. The van der Waals surface area contributed by atoms with Crippen molar-refractivity contribution >= 4 is 0 Å². The first-order valence-electron chi connectivity index (χ1n) is 6.77. The Morgan fingerprint density at radius 2 is 2.06 bits per heavy atom. The van der Waals surface area contributed by atoms with E-state index in [1.807, 2.05) is 0 Å². The number of rotatable bonds is 2. The van der Waals surface area contributed by atoms with Gasteiger partial charge in [-0.2, -0.15) is 0 Å². The van der Waals surface area contributed by atoms with Crippen molar-refractivity contribution in [2.24, 2.45) is 0 Å². The van der Waals surface area contributed by atoms with Crippen LogP contribution in [0.25, 0.3) is 0 Å². The van der Waals surface area contributed by atoms with Gasteiger partial charge in [-0.25, -0.2) is 0 Å². The van der Waals surface area contributed by atoms with E-state index in [0.29, 0.717) is 18.2 Å². The molecule has 1 heterocycles. The Kier molecular flexibility index (Phi) is 4.22. The van der Waals surface area contributed by atoms with E-state index in [2.05, 4.69) is 18.7 Å². The molecule has 3 heteroatoms. The Bertz CT molecular complexity index is 222. The quantitative estimate of drug-likeness (QED) is 0.780. The van der Waals surface area contributed by atoms with Gasteiger partial charge in [-0.05, 0) is 26.2 Å². The van der Waals surface area contributed by atoms with Gasteiger partial charge in [-0.15, -0.1) is 0 Å². The van der Waals surface area contributed by atoms with Crippen molar-refractivity contribution in [1.82, 2.24) is 4.90 Å². The zero-order chi connectivity index (χ0) is 11.5. The summed E-state index contributed by atoms with van der Waals surface area (Å²) in [6.07, 6.45) is 5.91. The second-order valence-electron chi connectivity index (χ2n) is 5.32. The maximum atomic E-state index is 10.1. The van der Waals surface area contributed by atoms with Gasteiger partial charge in [0.15, 0.2) is 0 Å². The molecule has 94 valence electrons. The summed E-state index contributed by atoms with van der Waals surface area (Å²) in [4.78, 5) is 2.51. The molecular weight excluding hydrogens is 202 g/mol. The van der Waals surface area contributed by atoms with Crippen molar-refractivity contribution in [1.29, 1.82) is 0 Å². The van der Waals surface area contributed by atoms with Crippen LogP contribution in [0.3, 0.4) is 0 Å². The molecule has 1 N–H and O–H groups in total. The highest BCUT2D eigenvalue weighted by molar-refractivity contribution is 4.89. The minimum Gasteiger partial charge on any atom is -0.391 e. The largest absolute Gasteiger partial charge is 0.391 e. The van der Waals surface area contributed by atoms with Gasteiger partial charge in [0.1, 0.15) is 0 Å². The van der Waals surface area contributed by atoms with E-state index in [-0.39, 0.29) is 6.10 Å². The molecule has 0 aromatic carbocycles. The molecule has 1 aliphatic carbocycles. The van der Waals surface area contributed by atoms with Crippen LogP contribution >= 0.6 is 0 Å². The second kappa shape index (κ2) is 5.48. The number of hydrogen-bond acceptors (Lipinski definition) is 3. The van der Waals surface area contributed by atoms with Crippen LogP contribution in [0.1, 0.15) is 46.0 Å². The lowest BCUT2D eigenvalue weighted by molar-refractivity contribution is -0.100. The second-order valence-corrected chi connectivity index (χ2v) is 5.32. The van der Waals surface area contributed by atoms with Crippen molar-refractivity contribution in [2.45, 2.75) is 70.2 Å². The number of hydrogen-bond donors (Lipinski definition) is 1. The van der Waals surface area contributed by atoms with Gasteiger partial charge in [0.25, 0.3) is 0 Å². The Morgan fingerprint density at radius 1 is 1.31 bits per heavy atom. The van der Waals surface area contributed by atoms with Gasteiger partial charge in [-0.1, -0.05) is 19.8 Å². The summed E-state index contributed by atoms with van der Waals surface area (Å²) < 4.78 is 5.71. The lowest BCUT2D eigenvalue weighted by Gasteiger charge is -2.46. The fraction of sp³-hybridized carbons (Fsp3) is 1.00. The Balaban J connectivity index is 2.02.